The molecular formula is C28H29N3O7S. The Bertz CT molecular complexity index is 1600. The number of allylic oxidation sites excluding steroid dienone is 1. The summed E-state index contributed by atoms with van der Waals surface area (Å²) >= 11 is 1.18. The summed E-state index contributed by atoms with van der Waals surface area (Å²) in [6, 6.07) is 10.4. The molecule has 0 bridgehead atoms. The van der Waals surface area contributed by atoms with E-state index in [2.05, 4.69) is 11.9 Å². The van der Waals surface area contributed by atoms with Crippen LogP contribution in [0.5, 0.6) is 11.5 Å². The van der Waals surface area contributed by atoms with E-state index in [1.165, 1.54) is 35.1 Å². The van der Waals surface area contributed by atoms with E-state index in [-0.39, 0.29) is 23.4 Å². The highest BCUT2D eigenvalue weighted by atomic mass is 32.1. The Kier molecular flexibility index (Phi) is 8.60. The number of unbranched alkanes of at least 4 members (excludes halogenated alkanes) is 1. The fourth-order valence-corrected chi connectivity index (χ4v) is 5.30. The second kappa shape index (κ2) is 12.1. The summed E-state index contributed by atoms with van der Waals surface area (Å²) in [6.45, 7) is 6.21. The molecule has 2 aromatic carbocycles. The van der Waals surface area contributed by atoms with E-state index in [1.54, 1.807) is 50.3 Å². The fraction of sp³-hybridized carbons (Fsp3) is 0.321. The van der Waals surface area contributed by atoms with Crippen molar-refractivity contribution in [1.29, 1.82) is 0 Å². The van der Waals surface area contributed by atoms with Crippen molar-refractivity contribution < 1.29 is 23.9 Å². The Balaban J connectivity index is 1.87. The smallest absolute Gasteiger partial charge is 0.338 e. The molecule has 11 heteroatoms. The monoisotopic (exact) mass is 551 g/mol. The lowest BCUT2D eigenvalue weighted by Gasteiger charge is -2.25. The molecule has 1 aromatic heterocycles. The second-order valence-corrected chi connectivity index (χ2v) is 9.77. The summed E-state index contributed by atoms with van der Waals surface area (Å²) in [5.74, 6) is 0.490. The molecule has 2 heterocycles. The molecule has 0 spiro atoms. The molecule has 0 aliphatic carbocycles. The van der Waals surface area contributed by atoms with E-state index < -0.39 is 16.9 Å². The van der Waals surface area contributed by atoms with Crippen LogP contribution in [0.3, 0.4) is 0 Å². The van der Waals surface area contributed by atoms with Crippen molar-refractivity contribution in [3.8, 4) is 11.5 Å². The van der Waals surface area contributed by atoms with E-state index in [9.17, 15) is 19.7 Å². The van der Waals surface area contributed by atoms with Gasteiger partial charge in [0.1, 0.15) is 0 Å². The molecule has 1 aliphatic rings. The number of rotatable bonds is 10. The minimum atomic E-state index is -0.807. The molecule has 0 N–H and O–H groups in total. The van der Waals surface area contributed by atoms with Crippen LogP contribution in [-0.4, -0.2) is 35.8 Å². The first-order chi connectivity index (χ1) is 18.8. The highest BCUT2D eigenvalue weighted by Crippen LogP contribution is 2.36. The van der Waals surface area contributed by atoms with Gasteiger partial charge in [0.2, 0.25) is 0 Å². The average Bonchev–Trinajstić information content (AvgIpc) is 3.22. The number of non-ortho nitro benzene ring substituents is 1. The van der Waals surface area contributed by atoms with Crippen LogP contribution in [0.15, 0.2) is 63.5 Å². The SMILES string of the molecule is CCCCOc1ccc(C2C(C(=O)OCC)=C(C)N=c3s/c(=C\c4ccc([N+](=O)[O-])cc4)c(=O)n32)cc1OC. The third-order valence-electron chi connectivity index (χ3n) is 6.18. The van der Waals surface area contributed by atoms with Crippen LogP contribution < -0.4 is 24.4 Å². The van der Waals surface area contributed by atoms with Gasteiger partial charge in [-0.3, -0.25) is 19.5 Å². The first kappa shape index (κ1) is 27.8. The highest BCUT2D eigenvalue weighted by molar-refractivity contribution is 7.07. The van der Waals surface area contributed by atoms with Crippen molar-refractivity contribution in [1.82, 2.24) is 4.57 Å². The third-order valence-corrected chi connectivity index (χ3v) is 7.16. The molecule has 0 amide bonds. The van der Waals surface area contributed by atoms with Crippen molar-refractivity contribution in [2.45, 2.75) is 39.7 Å². The molecule has 0 fully saturated rings. The van der Waals surface area contributed by atoms with Gasteiger partial charge in [0.15, 0.2) is 16.3 Å². The number of aromatic nitrogens is 1. The minimum Gasteiger partial charge on any atom is -0.493 e. The molecule has 1 aliphatic heterocycles. The molecule has 0 saturated heterocycles. The highest BCUT2D eigenvalue weighted by Gasteiger charge is 2.34. The van der Waals surface area contributed by atoms with Crippen molar-refractivity contribution in [3.63, 3.8) is 0 Å². The zero-order valence-corrected chi connectivity index (χ0v) is 22.9. The van der Waals surface area contributed by atoms with E-state index >= 15 is 0 Å². The average molecular weight is 552 g/mol. The number of hydrogen-bond acceptors (Lipinski definition) is 9. The molecule has 10 nitrogen and oxygen atoms in total. The predicted molar refractivity (Wildman–Crippen MR) is 147 cm³/mol. The zero-order valence-electron chi connectivity index (χ0n) is 22.1. The maximum Gasteiger partial charge on any atom is 0.338 e. The molecule has 1 unspecified atom stereocenters. The molecule has 0 saturated carbocycles. The summed E-state index contributed by atoms with van der Waals surface area (Å²) in [6.07, 6.45) is 3.53. The Hall–Kier alpha value is -4.25. The fourth-order valence-electron chi connectivity index (χ4n) is 4.25. The van der Waals surface area contributed by atoms with Gasteiger partial charge in [0.25, 0.3) is 11.2 Å². The van der Waals surface area contributed by atoms with Crippen molar-refractivity contribution in [3.05, 3.63) is 94.7 Å². The quantitative estimate of drug-likeness (QED) is 0.162. The van der Waals surface area contributed by atoms with Gasteiger partial charge in [-0.2, -0.15) is 0 Å². The molecule has 1 atom stereocenters. The number of nitro benzene ring substituents is 1. The van der Waals surface area contributed by atoms with Gasteiger partial charge in [-0.25, -0.2) is 9.79 Å². The molecule has 4 rings (SSSR count). The number of ether oxygens (including phenoxy) is 3. The van der Waals surface area contributed by atoms with Gasteiger partial charge >= 0.3 is 5.97 Å². The number of hydrogen-bond donors (Lipinski definition) is 0. The third kappa shape index (κ3) is 5.78. The topological polar surface area (TPSA) is 122 Å². The Morgan fingerprint density at radius 3 is 2.56 bits per heavy atom. The summed E-state index contributed by atoms with van der Waals surface area (Å²) in [4.78, 5) is 42.4. The Labute approximate surface area is 228 Å². The lowest BCUT2D eigenvalue weighted by molar-refractivity contribution is -0.384. The molecule has 204 valence electrons. The maximum atomic E-state index is 13.7. The van der Waals surface area contributed by atoms with Crippen molar-refractivity contribution >= 4 is 29.1 Å². The molecule has 3 aromatic rings. The van der Waals surface area contributed by atoms with Crippen LogP contribution in [0.4, 0.5) is 5.69 Å². The van der Waals surface area contributed by atoms with Crippen LogP contribution in [0.25, 0.3) is 6.08 Å². The normalized spacial score (nSPS) is 15.0. The van der Waals surface area contributed by atoms with Gasteiger partial charge in [-0.15, -0.1) is 0 Å². The number of methoxy groups -OCH3 is 1. The van der Waals surface area contributed by atoms with Crippen molar-refractivity contribution in [2.24, 2.45) is 4.99 Å². The largest absolute Gasteiger partial charge is 0.493 e. The number of thiazole rings is 1. The number of benzene rings is 2. The number of carbonyl (C=O) groups excluding carboxylic acids is 1. The number of nitrogens with zero attached hydrogens (tertiary/aromatic N) is 3. The van der Waals surface area contributed by atoms with Crippen LogP contribution in [0.2, 0.25) is 0 Å². The number of esters is 1. The van der Waals surface area contributed by atoms with E-state index in [4.69, 9.17) is 14.2 Å². The van der Waals surface area contributed by atoms with Crippen LogP contribution in [0.1, 0.15) is 50.8 Å². The number of carbonyl (C=O) groups is 1. The molecule has 0 radical (unpaired) electrons. The summed E-state index contributed by atoms with van der Waals surface area (Å²) in [5.41, 5.74) is 1.57. The second-order valence-electron chi connectivity index (χ2n) is 8.76. The van der Waals surface area contributed by atoms with Crippen LogP contribution in [0, 0.1) is 10.1 Å². The Morgan fingerprint density at radius 2 is 1.92 bits per heavy atom. The van der Waals surface area contributed by atoms with Gasteiger partial charge in [-0.1, -0.05) is 30.7 Å². The Morgan fingerprint density at radius 1 is 1.18 bits per heavy atom. The first-order valence-electron chi connectivity index (χ1n) is 12.5. The van der Waals surface area contributed by atoms with E-state index in [1.807, 2.05) is 0 Å². The standard InChI is InChI=1S/C28H29N3O7S/c1-5-7-14-38-21-13-10-19(16-22(21)36-4)25-24(27(33)37-6-2)17(3)29-28-30(25)26(32)23(39-28)15-18-8-11-20(12-9-18)31(34)35/h8-13,15-16,25H,5-7,14H2,1-4H3/b23-15-. The van der Waals surface area contributed by atoms with Gasteiger partial charge < -0.3 is 14.2 Å². The maximum absolute atomic E-state index is 13.7. The number of fused-ring (bicyclic) bond motifs is 1. The number of nitro groups is 1. The minimum absolute atomic E-state index is 0.0422. The van der Waals surface area contributed by atoms with Gasteiger partial charge in [0, 0.05) is 12.1 Å². The zero-order chi connectivity index (χ0) is 28.1. The summed E-state index contributed by atoms with van der Waals surface area (Å²) in [7, 11) is 1.54. The van der Waals surface area contributed by atoms with Gasteiger partial charge in [0.05, 0.1) is 47.1 Å². The molecular weight excluding hydrogens is 522 g/mol. The van der Waals surface area contributed by atoms with Crippen molar-refractivity contribution in [2.75, 3.05) is 20.3 Å². The predicted octanol–water partition coefficient (Wildman–Crippen LogP) is 3.89. The van der Waals surface area contributed by atoms with Crippen LogP contribution in [-0.2, 0) is 9.53 Å². The lowest BCUT2D eigenvalue weighted by atomic mass is 9.95. The summed E-state index contributed by atoms with van der Waals surface area (Å²) in [5, 5.41) is 11.0. The first-order valence-corrected chi connectivity index (χ1v) is 13.4. The van der Waals surface area contributed by atoms with Gasteiger partial charge in [-0.05, 0) is 61.7 Å². The van der Waals surface area contributed by atoms with E-state index in [0.29, 0.717) is 44.3 Å². The van der Waals surface area contributed by atoms with Crippen LogP contribution >= 0.6 is 11.3 Å². The summed E-state index contributed by atoms with van der Waals surface area (Å²) < 4.78 is 18.7. The van der Waals surface area contributed by atoms with E-state index in [0.717, 1.165) is 12.8 Å². The molecule has 39 heavy (non-hydrogen) atoms. The lowest BCUT2D eigenvalue weighted by Crippen LogP contribution is -2.40.